The number of aromatic nitrogens is 1. The second-order valence-electron chi connectivity index (χ2n) is 7.06. The molecule has 186 valence electrons. The standard InChI is InChI=1S/C22H13ClF8N2OS/c23-17-9-13(12-5-7-14(8-6-12)35-22(29,30)31)10-32-18(17)20(24,25)11-33-19(34)15-3-1-2-4-16(15)21(26,27)28/h1-10H,11H2,(H,33,34). The van der Waals surface area contributed by atoms with Crippen LogP contribution in [-0.2, 0) is 12.1 Å². The lowest BCUT2D eigenvalue weighted by Crippen LogP contribution is -2.36. The van der Waals surface area contributed by atoms with E-state index in [1.165, 1.54) is 24.3 Å². The van der Waals surface area contributed by atoms with Crippen molar-refractivity contribution in [3.63, 3.8) is 0 Å². The molecule has 0 bridgehead atoms. The highest BCUT2D eigenvalue weighted by Gasteiger charge is 2.38. The van der Waals surface area contributed by atoms with Crippen molar-refractivity contribution in [2.24, 2.45) is 0 Å². The number of pyridine rings is 1. The Bertz CT molecular complexity index is 1210. The molecule has 0 radical (unpaired) electrons. The molecule has 1 heterocycles. The van der Waals surface area contributed by atoms with Crippen molar-refractivity contribution in [2.75, 3.05) is 6.54 Å². The molecule has 3 nitrogen and oxygen atoms in total. The Morgan fingerprint density at radius 1 is 0.914 bits per heavy atom. The molecule has 35 heavy (non-hydrogen) atoms. The minimum Gasteiger partial charge on any atom is -0.346 e. The summed E-state index contributed by atoms with van der Waals surface area (Å²) in [7, 11) is 0. The van der Waals surface area contributed by atoms with E-state index in [1.807, 2.05) is 0 Å². The van der Waals surface area contributed by atoms with Crippen LogP contribution in [0.25, 0.3) is 11.1 Å². The third kappa shape index (κ3) is 6.85. The van der Waals surface area contributed by atoms with Gasteiger partial charge in [0.2, 0.25) is 0 Å². The van der Waals surface area contributed by atoms with Gasteiger partial charge in [0.15, 0.2) is 0 Å². The molecule has 0 aliphatic rings. The fourth-order valence-corrected chi connectivity index (χ4v) is 3.86. The number of carbonyl (C=O) groups excluding carboxylic acids is 1. The Hall–Kier alpha value is -2.86. The van der Waals surface area contributed by atoms with Gasteiger partial charge in [0.1, 0.15) is 5.69 Å². The van der Waals surface area contributed by atoms with Crippen molar-refractivity contribution in [2.45, 2.75) is 22.5 Å². The fourth-order valence-electron chi connectivity index (χ4n) is 3.01. The van der Waals surface area contributed by atoms with Crippen LogP contribution in [0, 0.1) is 0 Å². The highest BCUT2D eigenvalue weighted by molar-refractivity contribution is 8.00. The summed E-state index contributed by atoms with van der Waals surface area (Å²) in [6.45, 7) is -1.38. The lowest BCUT2D eigenvalue weighted by atomic mass is 10.1. The number of nitrogens with one attached hydrogen (secondary N) is 1. The van der Waals surface area contributed by atoms with Crippen LogP contribution in [0.4, 0.5) is 35.1 Å². The number of hydrogen-bond acceptors (Lipinski definition) is 3. The van der Waals surface area contributed by atoms with Crippen molar-refractivity contribution < 1.29 is 39.9 Å². The summed E-state index contributed by atoms with van der Waals surface area (Å²) in [5, 5.41) is 1.26. The molecule has 0 fully saturated rings. The number of benzene rings is 2. The first-order chi connectivity index (χ1) is 16.2. The van der Waals surface area contributed by atoms with E-state index in [-0.39, 0.29) is 22.2 Å². The van der Waals surface area contributed by atoms with Crippen LogP contribution in [0.3, 0.4) is 0 Å². The maximum Gasteiger partial charge on any atom is 0.446 e. The summed E-state index contributed by atoms with van der Waals surface area (Å²) in [6.07, 6.45) is -3.84. The van der Waals surface area contributed by atoms with Crippen LogP contribution in [0.15, 0.2) is 65.7 Å². The SMILES string of the molecule is O=C(NCC(F)(F)c1ncc(-c2ccc(SC(F)(F)F)cc2)cc1Cl)c1ccccc1C(F)(F)F. The van der Waals surface area contributed by atoms with E-state index in [1.54, 1.807) is 5.32 Å². The van der Waals surface area contributed by atoms with Gasteiger partial charge in [0.05, 0.1) is 22.7 Å². The number of thioether (sulfide) groups is 1. The summed E-state index contributed by atoms with van der Waals surface area (Å²) in [6, 6.07) is 9.89. The Morgan fingerprint density at radius 2 is 1.54 bits per heavy atom. The van der Waals surface area contributed by atoms with E-state index in [0.29, 0.717) is 11.6 Å². The molecule has 0 atom stereocenters. The zero-order valence-electron chi connectivity index (χ0n) is 17.1. The average molecular weight is 541 g/mol. The molecule has 1 N–H and O–H groups in total. The van der Waals surface area contributed by atoms with Gasteiger partial charge in [-0.05, 0) is 47.7 Å². The summed E-state index contributed by atoms with van der Waals surface area (Å²) in [5.41, 5.74) is -6.90. The molecule has 3 aromatic rings. The molecule has 0 saturated heterocycles. The first kappa shape index (κ1) is 26.7. The molecular weight excluding hydrogens is 528 g/mol. The number of nitrogens with zero attached hydrogens (tertiary/aromatic N) is 1. The highest BCUT2D eigenvalue weighted by atomic mass is 35.5. The lowest BCUT2D eigenvalue weighted by Gasteiger charge is -2.19. The number of amides is 1. The van der Waals surface area contributed by atoms with Gasteiger partial charge in [-0.3, -0.25) is 9.78 Å². The van der Waals surface area contributed by atoms with E-state index >= 15 is 0 Å². The van der Waals surface area contributed by atoms with Gasteiger partial charge in [0, 0.05) is 16.7 Å². The molecule has 13 heteroatoms. The third-order valence-electron chi connectivity index (χ3n) is 4.56. The van der Waals surface area contributed by atoms with Gasteiger partial charge in [-0.15, -0.1) is 0 Å². The topological polar surface area (TPSA) is 42.0 Å². The maximum absolute atomic E-state index is 14.7. The quantitative estimate of drug-likeness (QED) is 0.259. The smallest absolute Gasteiger partial charge is 0.346 e. The number of carbonyl (C=O) groups is 1. The van der Waals surface area contributed by atoms with E-state index in [4.69, 9.17) is 11.6 Å². The molecule has 0 aliphatic carbocycles. The van der Waals surface area contributed by atoms with Crippen LogP contribution < -0.4 is 5.32 Å². The molecule has 1 aromatic heterocycles. The fraction of sp³-hybridized carbons (Fsp3) is 0.182. The van der Waals surface area contributed by atoms with Crippen molar-refractivity contribution in [1.82, 2.24) is 10.3 Å². The van der Waals surface area contributed by atoms with E-state index in [0.717, 1.165) is 30.5 Å². The minimum atomic E-state index is -4.86. The third-order valence-corrected chi connectivity index (χ3v) is 5.58. The molecule has 2 aromatic carbocycles. The molecule has 0 saturated carbocycles. The molecule has 0 spiro atoms. The summed E-state index contributed by atoms with van der Waals surface area (Å²) in [4.78, 5) is 15.7. The predicted molar refractivity (Wildman–Crippen MR) is 114 cm³/mol. The predicted octanol–water partition coefficient (Wildman–Crippen LogP) is 7.55. The average Bonchev–Trinajstić information content (AvgIpc) is 2.76. The van der Waals surface area contributed by atoms with E-state index in [2.05, 4.69) is 4.98 Å². The van der Waals surface area contributed by atoms with Gasteiger partial charge < -0.3 is 5.32 Å². The van der Waals surface area contributed by atoms with Crippen molar-refractivity contribution in [3.8, 4) is 11.1 Å². The normalized spacial score (nSPS) is 12.5. The van der Waals surface area contributed by atoms with Crippen LogP contribution in [0.5, 0.6) is 0 Å². The molecule has 0 unspecified atom stereocenters. The second kappa shape index (κ2) is 10.0. The monoisotopic (exact) mass is 540 g/mol. The molecule has 1 amide bonds. The number of halogens is 9. The van der Waals surface area contributed by atoms with Gasteiger partial charge in [-0.2, -0.15) is 35.1 Å². The van der Waals surface area contributed by atoms with Gasteiger partial charge in [-0.25, -0.2) is 0 Å². The van der Waals surface area contributed by atoms with Gasteiger partial charge in [-0.1, -0.05) is 35.9 Å². The van der Waals surface area contributed by atoms with E-state index < -0.39 is 51.9 Å². The number of rotatable bonds is 6. The van der Waals surface area contributed by atoms with Gasteiger partial charge in [0.25, 0.3) is 5.91 Å². The summed E-state index contributed by atoms with van der Waals surface area (Å²) >= 11 is 5.63. The Kier molecular flexibility index (Phi) is 7.65. The maximum atomic E-state index is 14.7. The van der Waals surface area contributed by atoms with Crippen LogP contribution >= 0.6 is 23.4 Å². The number of hydrogen-bond donors (Lipinski definition) is 1. The minimum absolute atomic E-state index is 0.0775. The van der Waals surface area contributed by atoms with E-state index in [9.17, 15) is 39.9 Å². The largest absolute Gasteiger partial charge is 0.446 e. The molecule has 3 rings (SSSR count). The van der Waals surface area contributed by atoms with Crippen LogP contribution in [0.2, 0.25) is 5.02 Å². The number of alkyl halides is 8. The highest BCUT2D eigenvalue weighted by Crippen LogP contribution is 2.38. The van der Waals surface area contributed by atoms with Crippen LogP contribution in [-0.4, -0.2) is 22.9 Å². The summed E-state index contributed by atoms with van der Waals surface area (Å²) in [5.74, 6) is -5.20. The first-order valence-electron chi connectivity index (χ1n) is 9.52. The van der Waals surface area contributed by atoms with Crippen molar-refractivity contribution in [3.05, 3.63) is 82.6 Å². The Labute approximate surface area is 202 Å². The van der Waals surface area contributed by atoms with Crippen molar-refractivity contribution >= 4 is 29.3 Å². The zero-order chi connectivity index (χ0) is 26.0. The zero-order valence-corrected chi connectivity index (χ0v) is 18.7. The second-order valence-corrected chi connectivity index (χ2v) is 8.60. The van der Waals surface area contributed by atoms with Gasteiger partial charge >= 0.3 is 17.6 Å². The van der Waals surface area contributed by atoms with Crippen LogP contribution in [0.1, 0.15) is 21.6 Å². The summed E-state index contributed by atoms with van der Waals surface area (Å²) < 4.78 is 106. The first-order valence-corrected chi connectivity index (χ1v) is 10.7. The Balaban J connectivity index is 1.75. The van der Waals surface area contributed by atoms with Crippen molar-refractivity contribution in [1.29, 1.82) is 0 Å². The molecule has 0 aliphatic heterocycles. The lowest BCUT2D eigenvalue weighted by molar-refractivity contribution is -0.137. The molecular formula is C22H13ClF8N2OS. The Morgan fingerprint density at radius 3 is 2.11 bits per heavy atom.